The molecule has 2 nitrogen and oxygen atoms in total. The zero-order valence-corrected chi connectivity index (χ0v) is 8.40. The summed E-state index contributed by atoms with van der Waals surface area (Å²) in [6, 6.07) is 10.9. The molecule has 0 fully saturated rings. The Morgan fingerprint density at radius 2 is 1.85 bits per heavy atom. The first-order valence-corrected chi connectivity index (χ1v) is 4.67. The minimum Gasteiger partial charge on any atom is -0.330 e. The van der Waals surface area contributed by atoms with Gasteiger partial charge in [-0.2, -0.15) is 0 Å². The number of hydrogen-bond acceptors (Lipinski definition) is 2. The molecule has 0 aliphatic heterocycles. The SMILES string of the molecule is CN(C)C(CCN)c1ccccc1. The van der Waals surface area contributed by atoms with Gasteiger partial charge in [-0.25, -0.2) is 0 Å². The molecule has 1 rings (SSSR count). The van der Waals surface area contributed by atoms with Gasteiger partial charge in [0.2, 0.25) is 0 Å². The van der Waals surface area contributed by atoms with Gasteiger partial charge in [0.25, 0.3) is 0 Å². The molecular formula is C11H18N2. The molecule has 72 valence electrons. The van der Waals surface area contributed by atoms with E-state index in [0.29, 0.717) is 6.04 Å². The van der Waals surface area contributed by atoms with Crippen LogP contribution < -0.4 is 5.73 Å². The van der Waals surface area contributed by atoms with Crippen molar-refractivity contribution in [1.82, 2.24) is 4.90 Å². The normalized spacial score (nSPS) is 13.2. The maximum atomic E-state index is 5.58. The molecule has 0 radical (unpaired) electrons. The average Bonchev–Trinajstić information content (AvgIpc) is 2.15. The summed E-state index contributed by atoms with van der Waals surface area (Å²) in [7, 11) is 4.18. The van der Waals surface area contributed by atoms with Crippen molar-refractivity contribution in [3.63, 3.8) is 0 Å². The molecule has 0 spiro atoms. The van der Waals surface area contributed by atoms with E-state index in [1.165, 1.54) is 5.56 Å². The summed E-state index contributed by atoms with van der Waals surface area (Å²) in [6.07, 6.45) is 1.01. The minimum atomic E-state index is 0.450. The van der Waals surface area contributed by atoms with E-state index in [1.807, 2.05) is 6.07 Å². The first-order chi connectivity index (χ1) is 6.25. The number of rotatable bonds is 4. The lowest BCUT2D eigenvalue weighted by atomic mass is 10.0. The van der Waals surface area contributed by atoms with Crippen LogP contribution in [0.3, 0.4) is 0 Å². The van der Waals surface area contributed by atoms with Crippen LogP contribution in [0.4, 0.5) is 0 Å². The quantitative estimate of drug-likeness (QED) is 0.759. The van der Waals surface area contributed by atoms with Crippen molar-refractivity contribution in [1.29, 1.82) is 0 Å². The lowest BCUT2D eigenvalue weighted by Crippen LogP contribution is -2.22. The fraction of sp³-hybridized carbons (Fsp3) is 0.455. The second-order valence-electron chi connectivity index (χ2n) is 3.47. The van der Waals surface area contributed by atoms with Crippen molar-refractivity contribution >= 4 is 0 Å². The van der Waals surface area contributed by atoms with Gasteiger partial charge in [0.15, 0.2) is 0 Å². The molecule has 2 heteroatoms. The molecule has 0 saturated carbocycles. The van der Waals surface area contributed by atoms with E-state index in [4.69, 9.17) is 5.73 Å². The van der Waals surface area contributed by atoms with Crippen LogP contribution in [-0.2, 0) is 0 Å². The van der Waals surface area contributed by atoms with Crippen LogP contribution in [0.25, 0.3) is 0 Å². The van der Waals surface area contributed by atoms with Crippen molar-refractivity contribution in [3.8, 4) is 0 Å². The highest BCUT2D eigenvalue weighted by Gasteiger charge is 2.11. The Balaban J connectivity index is 2.76. The van der Waals surface area contributed by atoms with Gasteiger partial charge in [0.1, 0.15) is 0 Å². The highest BCUT2D eigenvalue weighted by Crippen LogP contribution is 2.20. The lowest BCUT2D eigenvalue weighted by Gasteiger charge is -2.24. The van der Waals surface area contributed by atoms with Gasteiger partial charge in [-0.05, 0) is 32.6 Å². The van der Waals surface area contributed by atoms with Crippen LogP contribution in [0.2, 0.25) is 0 Å². The Hall–Kier alpha value is -0.860. The summed E-state index contributed by atoms with van der Waals surface area (Å²) < 4.78 is 0. The van der Waals surface area contributed by atoms with Gasteiger partial charge in [0.05, 0.1) is 0 Å². The largest absolute Gasteiger partial charge is 0.330 e. The maximum absolute atomic E-state index is 5.58. The molecule has 1 aromatic rings. The molecule has 0 aromatic heterocycles. The third-order valence-electron chi connectivity index (χ3n) is 2.25. The molecule has 1 unspecified atom stereocenters. The van der Waals surface area contributed by atoms with Crippen molar-refractivity contribution in [2.24, 2.45) is 5.73 Å². The fourth-order valence-electron chi connectivity index (χ4n) is 1.56. The van der Waals surface area contributed by atoms with Crippen molar-refractivity contribution in [3.05, 3.63) is 35.9 Å². The van der Waals surface area contributed by atoms with E-state index in [-0.39, 0.29) is 0 Å². The molecular weight excluding hydrogens is 160 g/mol. The van der Waals surface area contributed by atoms with Gasteiger partial charge < -0.3 is 10.6 Å². The van der Waals surface area contributed by atoms with Gasteiger partial charge in [-0.15, -0.1) is 0 Å². The summed E-state index contributed by atoms with van der Waals surface area (Å²) in [5.74, 6) is 0. The van der Waals surface area contributed by atoms with Crippen LogP contribution in [0.5, 0.6) is 0 Å². The summed E-state index contributed by atoms with van der Waals surface area (Å²) >= 11 is 0. The molecule has 0 amide bonds. The Bertz CT molecular complexity index is 231. The molecule has 0 saturated heterocycles. The Morgan fingerprint density at radius 3 is 2.31 bits per heavy atom. The third kappa shape index (κ3) is 2.83. The van der Waals surface area contributed by atoms with Crippen LogP contribution in [0.1, 0.15) is 18.0 Å². The number of nitrogens with zero attached hydrogens (tertiary/aromatic N) is 1. The number of hydrogen-bond donors (Lipinski definition) is 1. The summed E-state index contributed by atoms with van der Waals surface area (Å²) in [4.78, 5) is 2.21. The topological polar surface area (TPSA) is 29.3 Å². The smallest absolute Gasteiger partial charge is 0.0354 e. The van der Waals surface area contributed by atoms with E-state index >= 15 is 0 Å². The second kappa shape index (κ2) is 5.00. The van der Waals surface area contributed by atoms with Gasteiger partial charge >= 0.3 is 0 Å². The summed E-state index contributed by atoms with van der Waals surface area (Å²) in [5, 5.41) is 0. The fourth-order valence-corrected chi connectivity index (χ4v) is 1.56. The lowest BCUT2D eigenvalue weighted by molar-refractivity contribution is 0.287. The molecule has 0 bridgehead atoms. The Kier molecular flexibility index (Phi) is 3.93. The minimum absolute atomic E-state index is 0.450. The van der Waals surface area contributed by atoms with E-state index < -0.39 is 0 Å². The first kappa shape index (κ1) is 10.2. The number of nitrogens with two attached hydrogens (primary N) is 1. The molecule has 1 aromatic carbocycles. The Labute approximate surface area is 80.4 Å². The van der Waals surface area contributed by atoms with Gasteiger partial charge in [0, 0.05) is 6.04 Å². The van der Waals surface area contributed by atoms with Crippen molar-refractivity contribution < 1.29 is 0 Å². The van der Waals surface area contributed by atoms with Crippen LogP contribution >= 0.6 is 0 Å². The highest BCUT2D eigenvalue weighted by atomic mass is 15.1. The second-order valence-corrected chi connectivity index (χ2v) is 3.47. The highest BCUT2D eigenvalue weighted by molar-refractivity contribution is 5.18. The summed E-state index contributed by atoms with van der Waals surface area (Å²) in [6.45, 7) is 0.734. The third-order valence-corrected chi connectivity index (χ3v) is 2.25. The van der Waals surface area contributed by atoms with Crippen LogP contribution in [-0.4, -0.2) is 25.5 Å². The zero-order valence-electron chi connectivity index (χ0n) is 8.40. The van der Waals surface area contributed by atoms with E-state index in [9.17, 15) is 0 Å². The number of benzene rings is 1. The van der Waals surface area contributed by atoms with E-state index in [2.05, 4.69) is 43.3 Å². The molecule has 0 heterocycles. The van der Waals surface area contributed by atoms with Crippen molar-refractivity contribution in [2.75, 3.05) is 20.6 Å². The maximum Gasteiger partial charge on any atom is 0.0354 e. The van der Waals surface area contributed by atoms with Crippen LogP contribution in [0.15, 0.2) is 30.3 Å². The molecule has 0 aliphatic rings. The standard InChI is InChI=1S/C11H18N2/c1-13(2)11(8-9-12)10-6-4-3-5-7-10/h3-7,11H,8-9,12H2,1-2H3. The predicted molar refractivity (Wildman–Crippen MR) is 56.5 cm³/mol. The predicted octanol–water partition coefficient (Wildman–Crippen LogP) is 1.64. The molecule has 1 atom stereocenters. The molecule has 13 heavy (non-hydrogen) atoms. The zero-order chi connectivity index (χ0) is 9.68. The Morgan fingerprint density at radius 1 is 1.23 bits per heavy atom. The van der Waals surface area contributed by atoms with Crippen molar-refractivity contribution in [2.45, 2.75) is 12.5 Å². The van der Waals surface area contributed by atoms with Gasteiger partial charge in [-0.3, -0.25) is 0 Å². The average molecular weight is 178 g/mol. The monoisotopic (exact) mass is 178 g/mol. The van der Waals surface area contributed by atoms with Gasteiger partial charge in [-0.1, -0.05) is 30.3 Å². The molecule has 0 aliphatic carbocycles. The molecule has 2 N–H and O–H groups in total. The first-order valence-electron chi connectivity index (χ1n) is 4.67. The summed E-state index contributed by atoms with van der Waals surface area (Å²) in [5.41, 5.74) is 6.92. The van der Waals surface area contributed by atoms with E-state index in [1.54, 1.807) is 0 Å². The van der Waals surface area contributed by atoms with E-state index in [0.717, 1.165) is 13.0 Å². The van der Waals surface area contributed by atoms with Crippen LogP contribution in [0, 0.1) is 0 Å².